The third-order valence-corrected chi connectivity index (χ3v) is 4.91. The zero-order chi connectivity index (χ0) is 13.2. The van der Waals surface area contributed by atoms with E-state index in [1.165, 1.54) is 29.7 Å². The largest absolute Gasteiger partial charge is 0.244 e. The second kappa shape index (κ2) is 5.54. The van der Waals surface area contributed by atoms with Crippen molar-refractivity contribution in [1.82, 2.24) is 9.71 Å². The first kappa shape index (κ1) is 13.8. The van der Waals surface area contributed by atoms with Crippen molar-refractivity contribution in [2.24, 2.45) is 0 Å². The Morgan fingerprint density at radius 2 is 2.06 bits per heavy atom. The third kappa shape index (κ3) is 3.43. The second-order valence-electron chi connectivity index (χ2n) is 3.34. The van der Waals surface area contributed by atoms with Crippen molar-refractivity contribution in [2.75, 3.05) is 0 Å². The summed E-state index contributed by atoms with van der Waals surface area (Å²) in [5.41, 5.74) is 0. The molecule has 0 aliphatic heterocycles. The van der Waals surface area contributed by atoms with Crippen molar-refractivity contribution >= 4 is 44.6 Å². The Bertz CT molecular complexity index is 655. The minimum atomic E-state index is -3.58. The predicted octanol–water partition coefficient (Wildman–Crippen LogP) is 2.93. The number of sulfonamides is 1. The first-order chi connectivity index (χ1) is 8.47. The Hall–Kier alpha value is -0.660. The SMILES string of the molecule is O=S(=O)(NCc1ccc(Cl)s1)c1ccnc(Cl)c1. The molecule has 0 aliphatic rings. The van der Waals surface area contributed by atoms with Crippen LogP contribution in [0.25, 0.3) is 0 Å². The van der Waals surface area contributed by atoms with E-state index in [1.54, 1.807) is 12.1 Å². The minimum absolute atomic E-state index is 0.0881. The lowest BCUT2D eigenvalue weighted by atomic mass is 10.5. The van der Waals surface area contributed by atoms with Crippen LogP contribution in [0.2, 0.25) is 9.49 Å². The summed E-state index contributed by atoms with van der Waals surface area (Å²) in [5, 5.41) is 0.136. The van der Waals surface area contributed by atoms with Gasteiger partial charge in [-0.15, -0.1) is 11.3 Å². The van der Waals surface area contributed by atoms with Crippen molar-refractivity contribution in [1.29, 1.82) is 0 Å². The van der Waals surface area contributed by atoms with Gasteiger partial charge in [0.2, 0.25) is 10.0 Å². The number of hydrogen-bond donors (Lipinski definition) is 1. The van der Waals surface area contributed by atoms with Gasteiger partial charge in [0.1, 0.15) is 5.15 Å². The van der Waals surface area contributed by atoms with Gasteiger partial charge < -0.3 is 0 Å². The summed E-state index contributed by atoms with van der Waals surface area (Å²) in [6.07, 6.45) is 1.35. The van der Waals surface area contributed by atoms with E-state index in [0.717, 1.165) is 4.88 Å². The maximum atomic E-state index is 11.9. The Morgan fingerprint density at radius 1 is 1.28 bits per heavy atom. The van der Waals surface area contributed by atoms with Crippen LogP contribution in [0, 0.1) is 0 Å². The lowest BCUT2D eigenvalue weighted by Crippen LogP contribution is -2.22. The van der Waals surface area contributed by atoms with Crippen LogP contribution in [-0.4, -0.2) is 13.4 Å². The maximum absolute atomic E-state index is 11.9. The molecule has 0 saturated heterocycles. The van der Waals surface area contributed by atoms with Crippen LogP contribution in [0.15, 0.2) is 35.4 Å². The molecule has 96 valence electrons. The van der Waals surface area contributed by atoms with Gasteiger partial charge >= 0.3 is 0 Å². The molecule has 0 aliphatic carbocycles. The molecule has 2 rings (SSSR count). The molecule has 1 N–H and O–H groups in total. The molecule has 2 aromatic heterocycles. The molecule has 0 radical (unpaired) electrons. The number of nitrogens with one attached hydrogen (secondary N) is 1. The standard InChI is InChI=1S/C10H8Cl2N2O2S2/c11-9-5-8(3-4-13-9)18(15,16)14-6-7-1-2-10(12)17-7/h1-5,14H,6H2. The highest BCUT2D eigenvalue weighted by molar-refractivity contribution is 7.89. The van der Waals surface area contributed by atoms with Crippen LogP contribution in [-0.2, 0) is 16.6 Å². The molecule has 0 unspecified atom stereocenters. The monoisotopic (exact) mass is 322 g/mol. The first-order valence-corrected chi connectivity index (χ1v) is 7.88. The van der Waals surface area contributed by atoms with Crippen molar-refractivity contribution < 1.29 is 8.42 Å². The molecule has 0 amide bonds. The van der Waals surface area contributed by atoms with E-state index in [9.17, 15) is 8.42 Å². The van der Waals surface area contributed by atoms with E-state index in [4.69, 9.17) is 23.2 Å². The van der Waals surface area contributed by atoms with Gasteiger partial charge in [-0.2, -0.15) is 0 Å². The summed E-state index contributed by atoms with van der Waals surface area (Å²) < 4.78 is 27.0. The number of rotatable bonds is 4. The van der Waals surface area contributed by atoms with Crippen molar-refractivity contribution in [3.05, 3.63) is 44.8 Å². The van der Waals surface area contributed by atoms with E-state index in [-0.39, 0.29) is 16.6 Å². The smallest absolute Gasteiger partial charge is 0.241 e. The number of nitrogens with zero attached hydrogens (tertiary/aromatic N) is 1. The lowest BCUT2D eigenvalue weighted by molar-refractivity contribution is 0.581. The van der Waals surface area contributed by atoms with Gasteiger partial charge in [-0.25, -0.2) is 18.1 Å². The van der Waals surface area contributed by atoms with Gasteiger partial charge in [0.05, 0.1) is 9.23 Å². The fraction of sp³-hybridized carbons (Fsp3) is 0.100. The second-order valence-corrected chi connectivity index (χ2v) is 7.30. The summed E-state index contributed by atoms with van der Waals surface area (Å²) in [7, 11) is -3.58. The molecule has 0 fully saturated rings. The molecule has 18 heavy (non-hydrogen) atoms. The normalized spacial score (nSPS) is 11.7. The molecule has 0 bridgehead atoms. The van der Waals surface area contributed by atoms with Crippen molar-refractivity contribution in [3.63, 3.8) is 0 Å². The lowest BCUT2D eigenvalue weighted by Gasteiger charge is -2.05. The highest BCUT2D eigenvalue weighted by atomic mass is 35.5. The Morgan fingerprint density at radius 3 is 2.67 bits per heavy atom. The number of aromatic nitrogens is 1. The van der Waals surface area contributed by atoms with Crippen LogP contribution >= 0.6 is 34.5 Å². The number of hydrogen-bond acceptors (Lipinski definition) is 4. The average Bonchev–Trinajstić information content (AvgIpc) is 2.73. The summed E-state index contributed by atoms with van der Waals surface area (Å²) in [6, 6.07) is 6.18. The summed E-state index contributed by atoms with van der Waals surface area (Å²) in [4.78, 5) is 4.66. The zero-order valence-corrected chi connectivity index (χ0v) is 12.1. The fourth-order valence-corrected chi connectivity index (χ4v) is 3.62. The number of pyridine rings is 1. The van der Waals surface area contributed by atoms with Gasteiger partial charge in [0.25, 0.3) is 0 Å². The molecular formula is C10H8Cl2N2O2S2. The van der Waals surface area contributed by atoms with Crippen LogP contribution < -0.4 is 4.72 Å². The van der Waals surface area contributed by atoms with E-state index < -0.39 is 10.0 Å². The van der Waals surface area contributed by atoms with E-state index in [1.807, 2.05) is 0 Å². The third-order valence-electron chi connectivity index (χ3n) is 2.07. The van der Waals surface area contributed by atoms with Gasteiger partial charge in [-0.3, -0.25) is 0 Å². The zero-order valence-electron chi connectivity index (χ0n) is 8.93. The molecule has 0 saturated carbocycles. The van der Waals surface area contributed by atoms with Gasteiger partial charge in [-0.1, -0.05) is 23.2 Å². The van der Waals surface area contributed by atoms with Crippen LogP contribution in [0.4, 0.5) is 0 Å². The average molecular weight is 323 g/mol. The summed E-state index contributed by atoms with van der Waals surface area (Å²) >= 11 is 12.7. The molecule has 2 heterocycles. The van der Waals surface area contributed by atoms with E-state index >= 15 is 0 Å². The van der Waals surface area contributed by atoms with Crippen LogP contribution in [0.5, 0.6) is 0 Å². The predicted molar refractivity (Wildman–Crippen MR) is 72.6 cm³/mol. The molecule has 8 heteroatoms. The molecule has 0 atom stereocenters. The maximum Gasteiger partial charge on any atom is 0.241 e. The minimum Gasteiger partial charge on any atom is -0.244 e. The van der Waals surface area contributed by atoms with Gasteiger partial charge in [-0.05, 0) is 24.3 Å². The quantitative estimate of drug-likeness (QED) is 0.880. The highest BCUT2D eigenvalue weighted by Crippen LogP contribution is 2.21. The first-order valence-electron chi connectivity index (χ1n) is 4.83. The van der Waals surface area contributed by atoms with Crippen LogP contribution in [0.3, 0.4) is 0 Å². The molecule has 4 nitrogen and oxygen atoms in total. The molecular weight excluding hydrogens is 315 g/mol. The summed E-state index contributed by atoms with van der Waals surface area (Å²) in [6.45, 7) is 0.194. The molecule has 0 spiro atoms. The molecule has 2 aromatic rings. The molecule has 0 aromatic carbocycles. The number of halogens is 2. The van der Waals surface area contributed by atoms with Gasteiger partial charge in [0, 0.05) is 17.6 Å². The Kier molecular flexibility index (Phi) is 4.24. The fourth-order valence-electron chi connectivity index (χ4n) is 1.25. The summed E-state index contributed by atoms with van der Waals surface area (Å²) in [5.74, 6) is 0. The van der Waals surface area contributed by atoms with E-state index in [0.29, 0.717) is 4.34 Å². The van der Waals surface area contributed by atoms with E-state index in [2.05, 4.69) is 9.71 Å². The Balaban J connectivity index is 2.13. The topological polar surface area (TPSA) is 59.1 Å². The Labute approximate surface area is 119 Å². The number of thiophene rings is 1. The highest BCUT2D eigenvalue weighted by Gasteiger charge is 2.14. The van der Waals surface area contributed by atoms with Crippen LogP contribution in [0.1, 0.15) is 4.88 Å². The van der Waals surface area contributed by atoms with Crippen molar-refractivity contribution in [2.45, 2.75) is 11.4 Å². The van der Waals surface area contributed by atoms with Gasteiger partial charge in [0.15, 0.2) is 0 Å². The van der Waals surface area contributed by atoms with Crippen molar-refractivity contribution in [3.8, 4) is 0 Å².